The molecule has 2 heteroatoms. The summed E-state index contributed by atoms with van der Waals surface area (Å²) < 4.78 is 0. The van der Waals surface area contributed by atoms with Crippen LogP contribution in [0.5, 0.6) is 0 Å². The van der Waals surface area contributed by atoms with Crippen LogP contribution in [0, 0.1) is 0 Å². The van der Waals surface area contributed by atoms with Crippen LogP contribution < -0.4 is 5.32 Å². The molecule has 1 rings (SSSR count). The molecule has 10 heavy (non-hydrogen) atoms. The van der Waals surface area contributed by atoms with E-state index in [2.05, 4.69) is 12.2 Å². The number of hydrogen-bond acceptors (Lipinski definition) is 2. The van der Waals surface area contributed by atoms with Crippen LogP contribution in [-0.4, -0.2) is 23.8 Å². The number of rotatable bonds is 2. The van der Waals surface area contributed by atoms with E-state index in [9.17, 15) is 5.11 Å². The molecule has 2 atom stereocenters. The molecular weight excluding hydrogens is 126 g/mol. The molecule has 1 fully saturated rings. The highest BCUT2D eigenvalue weighted by Gasteiger charge is 2.21. The Kier molecular flexibility index (Phi) is 3.16. The second-order valence-corrected chi connectivity index (χ2v) is 3.02. The standard InChI is InChI=1S/C8H17NO/c1-2-9-7-5-3-4-6-8(7)10/h7-10H,2-6H2,1H3/t7-,8+/m1/s1. The van der Waals surface area contributed by atoms with Crippen molar-refractivity contribution in [2.75, 3.05) is 6.54 Å². The van der Waals surface area contributed by atoms with Gasteiger partial charge in [0.1, 0.15) is 0 Å². The Hall–Kier alpha value is -0.0800. The topological polar surface area (TPSA) is 32.3 Å². The molecule has 0 unspecified atom stereocenters. The fourth-order valence-corrected chi connectivity index (χ4v) is 1.61. The average molecular weight is 143 g/mol. The fraction of sp³-hybridized carbons (Fsp3) is 1.00. The van der Waals surface area contributed by atoms with Crippen LogP contribution in [0.25, 0.3) is 0 Å². The highest BCUT2D eigenvalue weighted by atomic mass is 16.3. The summed E-state index contributed by atoms with van der Waals surface area (Å²) in [5.41, 5.74) is 0. The van der Waals surface area contributed by atoms with E-state index in [4.69, 9.17) is 0 Å². The van der Waals surface area contributed by atoms with E-state index in [-0.39, 0.29) is 6.10 Å². The SMILES string of the molecule is CCN[C@@H]1CCCC[C@@H]1O. The first-order valence-corrected chi connectivity index (χ1v) is 4.26. The second-order valence-electron chi connectivity index (χ2n) is 3.02. The van der Waals surface area contributed by atoms with Crippen molar-refractivity contribution in [2.24, 2.45) is 0 Å². The zero-order valence-electron chi connectivity index (χ0n) is 6.64. The van der Waals surface area contributed by atoms with Crippen LogP contribution >= 0.6 is 0 Å². The number of nitrogens with one attached hydrogen (secondary N) is 1. The zero-order valence-corrected chi connectivity index (χ0v) is 6.64. The lowest BCUT2D eigenvalue weighted by atomic mass is 9.93. The van der Waals surface area contributed by atoms with Gasteiger partial charge in [0.05, 0.1) is 6.10 Å². The quantitative estimate of drug-likeness (QED) is 0.602. The minimum absolute atomic E-state index is 0.0892. The number of aliphatic hydroxyl groups excluding tert-OH is 1. The van der Waals surface area contributed by atoms with Gasteiger partial charge in [-0.25, -0.2) is 0 Å². The van der Waals surface area contributed by atoms with Crippen LogP contribution in [-0.2, 0) is 0 Å². The van der Waals surface area contributed by atoms with Gasteiger partial charge in [-0.1, -0.05) is 19.8 Å². The third kappa shape index (κ3) is 1.96. The summed E-state index contributed by atoms with van der Waals surface area (Å²) in [6.07, 6.45) is 4.51. The van der Waals surface area contributed by atoms with Gasteiger partial charge in [-0.15, -0.1) is 0 Å². The van der Waals surface area contributed by atoms with Crippen LogP contribution in [0.2, 0.25) is 0 Å². The molecule has 60 valence electrons. The summed E-state index contributed by atoms with van der Waals surface area (Å²) in [6.45, 7) is 3.06. The normalized spacial score (nSPS) is 34.2. The smallest absolute Gasteiger partial charge is 0.0693 e. The van der Waals surface area contributed by atoms with Crippen molar-refractivity contribution in [3.05, 3.63) is 0 Å². The Morgan fingerprint density at radius 1 is 1.40 bits per heavy atom. The molecule has 1 saturated carbocycles. The van der Waals surface area contributed by atoms with Gasteiger partial charge in [0.2, 0.25) is 0 Å². The van der Waals surface area contributed by atoms with E-state index in [1.165, 1.54) is 12.8 Å². The van der Waals surface area contributed by atoms with Gasteiger partial charge < -0.3 is 10.4 Å². The summed E-state index contributed by atoms with van der Waals surface area (Å²) in [4.78, 5) is 0. The maximum atomic E-state index is 9.44. The van der Waals surface area contributed by atoms with Gasteiger partial charge >= 0.3 is 0 Å². The Morgan fingerprint density at radius 2 is 2.10 bits per heavy atom. The van der Waals surface area contributed by atoms with Gasteiger partial charge in [-0.2, -0.15) is 0 Å². The Labute approximate surface area is 62.6 Å². The zero-order chi connectivity index (χ0) is 7.40. The van der Waals surface area contributed by atoms with Gasteiger partial charge in [-0.3, -0.25) is 0 Å². The van der Waals surface area contributed by atoms with E-state index < -0.39 is 0 Å². The van der Waals surface area contributed by atoms with E-state index in [0.29, 0.717) is 6.04 Å². The third-order valence-corrected chi connectivity index (χ3v) is 2.20. The Balaban J connectivity index is 2.25. The van der Waals surface area contributed by atoms with Crippen molar-refractivity contribution in [3.8, 4) is 0 Å². The summed E-state index contributed by atoms with van der Waals surface area (Å²) >= 11 is 0. The molecule has 2 N–H and O–H groups in total. The lowest BCUT2D eigenvalue weighted by Gasteiger charge is -2.27. The van der Waals surface area contributed by atoms with E-state index >= 15 is 0 Å². The largest absolute Gasteiger partial charge is 0.392 e. The summed E-state index contributed by atoms with van der Waals surface area (Å²) in [7, 11) is 0. The van der Waals surface area contributed by atoms with Gasteiger partial charge in [0.25, 0.3) is 0 Å². The monoisotopic (exact) mass is 143 g/mol. The summed E-state index contributed by atoms with van der Waals surface area (Å²) in [6, 6.07) is 0.374. The first-order valence-electron chi connectivity index (χ1n) is 4.26. The van der Waals surface area contributed by atoms with Crippen LogP contribution in [0.3, 0.4) is 0 Å². The van der Waals surface area contributed by atoms with Crippen LogP contribution in [0.15, 0.2) is 0 Å². The number of likely N-dealkylation sites (N-methyl/N-ethyl adjacent to an activating group) is 1. The molecule has 0 amide bonds. The third-order valence-electron chi connectivity index (χ3n) is 2.20. The first-order chi connectivity index (χ1) is 4.84. The summed E-state index contributed by atoms with van der Waals surface area (Å²) in [5, 5.41) is 12.7. The van der Waals surface area contributed by atoms with Crippen molar-refractivity contribution in [1.29, 1.82) is 0 Å². The first kappa shape index (κ1) is 8.02. The Morgan fingerprint density at radius 3 is 2.70 bits per heavy atom. The molecule has 1 aliphatic carbocycles. The fourth-order valence-electron chi connectivity index (χ4n) is 1.61. The highest BCUT2D eigenvalue weighted by molar-refractivity contribution is 4.79. The van der Waals surface area contributed by atoms with Crippen molar-refractivity contribution in [1.82, 2.24) is 5.32 Å². The number of aliphatic hydroxyl groups is 1. The molecule has 1 aliphatic rings. The molecule has 0 aromatic carbocycles. The van der Waals surface area contributed by atoms with Gasteiger partial charge in [-0.05, 0) is 19.4 Å². The van der Waals surface area contributed by atoms with Crippen molar-refractivity contribution in [3.63, 3.8) is 0 Å². The lowest BCUT2D eigenvalue weighted by molar-refractivity contribution is 0.0920. The lowest BCUT2D eigenvalue weighted by Crippen LogP contribution is -2.41. The molecule has 2 nitrogen and oxygen atoms in total. The average Bonchev–Trinajstić information content (AvgIpc) is 1.94. The molecule has 0 bridgehead atoms. The van der Waals surface area contributed by atoms with Gasteiger partial charge in [0, 0.05) is 6.04 Å². The number of hydrogen-bond donors (Lipinski definition) is 2. The Bertz CT molecular complexity index is 93.3. The molecule has 0 spiro atoms. The minimum atomic E-state index is -0.0892. The molecular formula is C8H17NO. The minimum Gasteiger partial charge on any atom is -0.392 e. The summed E-state index contributed by atoms with van der Waals surface area (Å²) in [5.74, 6) is 0. The molecule has 0 saturated heterocycles. The molecule has 0 aliphatic heterocycles. The predicted octanol–water partition coefficient (Wildman–Crippen LogP) is 0.899. The molecule has 0 heterocycles. The van der Waals surface area contributed by atoms with E-state index in [0.717, 1.165) is 19.4 Å². The predicted molar refractivity (Wildman–Crippen MR) is 41.9 cm³/mol. The van der Waals surface area contributed by atoms with E-state index in [1.807, 2.05) is 0 Å². The van der Waals surface area contributed by atoms with Crippen molar-refractivity contribution in [2.45, 2.75) is 44.8 Å². The molecule has 0 aromatic rings. The van der Waals surface area contributed by atoms with Gasteiger partial charge in [0.15, 0.2) is 0 Å². The van der Waals surface area contributed by atoms with Crippen molar-refractivity contribution >= 4 is 0 Å². The maximum absolute atomic E-state index is 9.44. The molecule has 0 radical (unpaired) electrons. The molecule has 0 aromatic heterocycles. The second kappa shape index (κ2) is 3.94. The van der Waals surface area contributed by atoms with Crippen LogP contribution in [0.4, 0.5) is 0 Å². The van der Waals surface area contributed by atoms with Crippen molar-refractivity contribution < 1.29 is 5.11 Å². The maximum Gasteiger partial charge on any atom is 0.0693 e. The van der Waals surface area contributed by atoms with E-state index in [1.54, 1.807) is 0 Å². The van der Waals surface area contributed by atoms with Crippen LogP contribution in [0.1, 0.15) is 32.6 Å². The highest BCUT2D eigenvalue weighted by Crippen LogP contribution is 2.17.